The normalized spacial score (nSPS) is 19.6. The summed E-state index contributed by atoms with van der Waals surface area (Å²) in [6.07, 6.45) is 2.96. The Morgan fingerprint density at radius 1 is 1.05 bits per heavy atom. The van der Waals surface area contributed by atoms with E-state index in [4.69, 9.17) is 9.47 Å². The molecule has 3 rings (SSSR count). The molecule has 0 bridgehead atoms. The van der Waals surface area contributed by atoms with Crippen molar-refractivity contribution in [1.82, 2.24) is 9.80 Å². The third-order valence-corrected chi connectivity index (χ3v) is 3.58. The molecule has 102 valence electrons. The van der Waals surface area contributed by atoms with Crippen LogP contribution >= 0.6 is 0 Å². The van der Waals surface area contributed by atoms with E-state index in [0.717, 1.165) is 38.3 Å². The largest absolute Gasteiger partial charge is 0.507 e. The number of likely N-dealkylation sites (N-methyl/N-ethyl adjacent to an activating group) is 1. The molecule has 1 saturated heterocycles. The Bertz CT molecular complexity index is 494. The van der Waals surface area contributed by atoms with Gasteiger partial charge < -0.3 is 19.5 Å². The summed E-state index contributed by atoms with van der Waals surface area (Å²) in [5.74, 6) is 1.48. The first-order valence-corrected chi connectivity index (χ1v) is 6.47. The summed E-state index contributed by atoms with van der Waals surface area (Å²) in [5.41, 5.74) is 0.877. The van der Waals surface area contributed by atoms with Gasteiger partial charge in [-0.15, -0.1) is 0 Å². The van der Waals surface area contributed by atoms with Crippen LogP contribution in [-0.4, -0.2) is 48.1 Å². The number of nitrogens with zero attached hydrogens (tertiary/aromatic N) is 2. The molecule has 0 spiro atoms. The van der Waals surface area contributed by atoms with Crippen molar-refractivity contribution in [2.75, 3.05) is 33.2 Å². The maximum Gasteiger partial charge on any atom is 0.172 e. The minimum Gasteiger partial charge on any atom is -0.507 e. The van der Waals surface area contributed by atoms with E-state index in [1.54, 1.807) is 6.07 Å². The van der Waals surface area contributed by atoms with Crippen molar-refractivity contribution in [2.24, 2.45) is 0 Å². The van der Waals surface area contributed by atoms with Crippen molar-refractivity contribution in [3.8, 4) is 17.2 Å². The topological polar surface area (TPSA) is 45.2 Å². The maximum atomic E-state index is 10.1. The van der Waals surface area contributed by atoms with Crippen LogP contribution in [0.2, 0.25) is 0 Å². The zero-order chi connectivity index (χ0) is 13.2. The molecule has 0 unspecified atom stereocenters. The van der Waals surface area contributed by atoms with Gasteiger partial charge in [-0.2, -0.15) is 0 Å². The molecular weight excluding hydrogens is 244 g/mol. The number of hydrogen-bond acceptors (Lipinski definition) is 5. The second-order valence-corrected chi connectivity index (χ2v) is 5.01. The first-order valence-electron chi connectivity index (χ1n) is 6.47. The van der Waals surface area contributed by atoms with E-state index in [1.807, 2.05) is 6.07 Å². The SMILES string of the molecule is CN1CCN(Cc2cc3c(cc2O)OC=CO3)CC1. The lowest BCUT2D eigenvalue weighted by Crippen LogP contribution is -2.43. The number of ether oxygens (including phenoxy) is 2. The summed E-state index contributed by atoms with van der Waals surface area (Å²) in [6.45, 7) is 4.90. The Labute approximate surface area is 112 Å². The van der Waals surface area contributed by atoms with Gasteiger partial charge >= 0.3 is 0 Å². The van der Waals surface area contributed by atoms with Crippen LogP contribution in [0.5, 0.6) is 17.2 Å². The van der Waals surface area contributed by atoms with E-state index in [1.165, 1.54) is 12.5 Å². The third-order valence-electron chi connectivity index (χ3n) is 3.58. The Hall–Kier alpha value is -1.72. The van der Waals surface area contributed by atoms with Crippen molar-refractivity contribution in [3.63, 3.8) is 0 Å². The van der Waals surface area contributed by atoms with Crippen molar-refractivity contribution < 1.29 is 14.6 Å². The molecule has 1 aromatic carbocycles. The first kappa shape index (κ1) is 12.3. The molecular formula is C14H18N2O3. The van der Waals surface area contributed by atoms with E-state index in [2.05, 4.69) is 16.8 Å². The van der Waals surface area contributed by atoms with Crippen LogP contribution in [0, 0.1) is 0 Å². The van der Waals surface area contributed by atoms with Gasteiger partial charge in [-0.1, -0.05) is 0 Å². The highest BCUT2D eigenvalue weighted by Gasteiger charge is 2.18. The van der Waals surface area contributed by atoms with E-state index < -0.39 is 0 Å². The number of hydrogen-bond donors (Lipinski definition) is 1. The number of aromatic hydroxyl groups is 1. The molecule has 5 heteroatoms. The van der Waals surface area contributed by atoms with Gasteiger partial charge in [-0.3, -0.25) is 4.90 Å². The third kappa shape index (κ3) is 2.67. The summed E-state index contributed by atoms with van der Waals surface area (Å²) >= 11 is 0. The molecule has 1 N–H and O–H groups in total. The van der Waals surface area contributed by atoms with Gasteiger partial charge in [0.25, 0.3) is 0 Å². The van der Waals surface area contributed by atoms with E-state index in [0.29, 0.717) is 11.5 Å². The fraction of sp³-hybridized carbons (Fsp3) is 0.429. The molecule has 0 atom stereocenters. The van der Waals surface area contributed by atoms with E-state index in [-0.39, 0.29) is 5.75 Å². The van der Waals surface area contributed by atoms with Gasteiger partial charge in [0.15, 0.2) is 11.5 Å². The molecule has 0 radical (unpaired) electrons. The summed E-state index contributed by atoms with van der Waals surface area (Å²) in [4.78, 5) is 4.64. The lowest BCUT2D eigenvalue weighted by Gasteiger charge is -2.32. The number of phenols is 1. The average molecular weight is 262 g/mol. The van der Waals surface area contributed by atoms with Crippen LogP contribution in [0.25, 0.3) is 0 Å². The fourth-order valence-corrected chi connectivity index (χ4v) is 2.35. The number of benzene rings is 1. The second-order valence-electron chi connectivity index (χ2n) is 5.01. The fourth-order valence-electron chi connectivity index (χ4n) is 2.35. The first-order chi connectivity index (χ1) is 9.22. The predicted molar refractivity (Wildman–Crippen MR) is 71.3 cm³/mol. The monoisotopic (exact) mass is 262 g/mol. The van der Waals surface area contributed by atoms with Crippen LogP contribution < -0.4 is 9.47 Å². The number of phenolic OH excluding ortho intramolecular Hbond substituents is 1. The van der Waals surface area contributed by atoms with Crippen LogP contribution in [0.3, 0.4) is 0 Å². The van der Waals surface area contributed by atoms with E-state index in [9.17, 15) is 5.11 Å². The van der Waals surface area contributed by atoms with Crippen molar-refractivity contribution >= 4 is 0 Å². The van der Waals surface area contributed by atoms with Gasteiger partial charge in [0, 0.05) is 44.4 Å². The lowest BCUT2D eigenvalue weighted by atomic mass is 10.1. The van der Waals surface area contributed by atoms with Crippen molar-refractivity contribution in [2.45, 2.75) is 6.54 Å². The summed E-state index contributed by atoms with van der Waals surface area (Å²) in [6, 6.07) is 3.47. The van der Waals surface area contributed by atoms with Crippen LogP contribution in [0.15, 0.2) is 24.7 Å². The maximum absolute atomic E-state index is 10.1. The number of rotatable bonds is 2. The van der Waals surface area contributed by atoms with Crippen molar-refractivity contribution in [3.05, 3.63) is 30.2 Å². The molecule has 0 aliphatic carbocycles. The molecule has 1 aromatic rings. The molecule has 2 aliphatic heterocycles. The summed E-state index contributed by atoms with van der Waals surface area (Å²) in [7, 11) is 2.13. The van der Waals surface area contributed by atoms with Gasteiger partial charge in [-0.25, -0.2) is 0 Å². The van der Waals surface area contributed by atoms with Crippen molar-refractivity contribution in [1.29, 1.82) is 0 Å². The van der Waals surface area contributed by atoms with Gasteiger partial charge in [-0.05, 0) is 13.1 Å². The highest BCUT2D eigenvalue weighted by Crippen LogP contribution is 2.36. The molecule has 0 amide bonds. The zero-order valence-corrected chi connectivity index (χ0v) is 11.0. The standard InChI is InChI=1S/C14H18N2O3/c1-15-2-4-16(5-3-15)10-11-8-13-14(9-12(11)17)19-7-6-18-13/h6-9,17H,2-5,10H2,1H3. The molecule has 1 fully saturated rings. The van der Waals surface area contributed by atoms with Crippen LogP contribution in [0.4, 0.5) is 0 Å². The quantitative estimate of drug-likeness (QED) is 0.872. The number of fused-ring (bicyclic) bond motifs is 1. The van der Waals surface area contributed by atoms with Gasteiger partial charge in [0.2, 0.25) is 0 Å². The van der Waals surface area contributed by atoms with E-state index >= 15 is 0 Å². The Morgan fingerprint density at radius 3 is 2.37 bits per heavy atom. The molecule has 0 saturated carbocycles. The zero-order valence-electron chi connectivity index (χ0n) is 11.0. The molecule has 2 aliphatic rings. The predicted octanol–water partition coefficient (Wildman–Crippen LogP) is 1.38. The smallest absolute Gasteiger partial charge is 0.172 e. The molecule has 2 heterocycles. The van der Waals surface area contributed by atoms with Crippen LogP contribution in [-0.2, 0) is 6.54 Å². The molecule has 0 aromatic heterocycles. The Kier molecular flexibility index (Phi) is 3.31. The highest BCUT2D eigenvalue weighted by atomic mass is 16.5. The van der Waals surface area contributed by atoms with Gasteiger partial charge in [0.1, 0.15) is 18.3 Å². The average Bonchev–Trinajstić information content (AvgIpc) is 2.42. The number of piperazine rings is 1. The highest BCUT2D eigenvalue weighted by molar-refractivity contribution is 5.51. The Morgan fingerprint density at radius 2 is 1.68 bits per heavy atom. The van der Waals surface area contributed by atoms with Crippen LogP contribution in [0.1, 0.15) is 5.56 Å². The van der Waals surface area contributed by atoms with Gasteiger partial charge in [0.05, 0.1) is 0 Å². The molecule has 19 heavy (non-hydrogen) atoms. The second kappa shape index (κ2) is 5.11. The summed E-state index contributed by atoms with van der Waals surface area (Å²) < 4.78 is 10.7. The summed E-state index contributed by atoms with van der Waals surface area (Å²) in [5, 5.41) is 10.1. The minimum absolute atomic E-state index is 0.261. The minimum atomic E-state index is 0.261. The Balaban J connectivity index is 1.74. The lowest BCUT2D eigenvalue weighted by molar-refractivity contribution is 0.147. The molecule has 5 nitrogen and oxygen atoms in total.